The van der Waals surface area contributed by atoms with E-state index in [1.807, 2.05) is 54.6 Å². The number of nitrogens with zero attached hydrogens (tertiary/aromatic N) is 3. The van der Waals surface area contributed by atoms with Crippen LogP contribution in [-0.4, -0.2) is 28.3 Å². The molecule has 0 aliphatic heterocycles. The van der Waals surface area contributed by atoms with Crippen molar-refractivity contribution in [1.82, 2.24) is 14.6 Å². The minimum Gasteiger partial charge on any atom is -0.493 e. The molecule has 33 heavy (non-hydrogen) atoms. The van der Waals surface area contributed by atoms with E-state index in [2.05, 4.69) is 17.0 Å². The van der Waals surface area contributed by atoms with Crippen LogP contribution in [0.15, 0.2) is 53.3 Å². The Morgan fingerprint density at radius 2 is 1.79 bits per heavy atom. The van der Waals surface area contributed by atoms with Gasteiger partial charge < -0.3 is 9.47 Å². The summed E-state index contributed by atoms with van der Waals surface area (Å²) in [5.74, 6) is 1.94. The van der Waals surface area contributed by atoms with Crippen LogP contribution < -0.4 is 19.6 Å². The van der Waals surface area contributed by atoms with Gasteiger partial charge in [0.2, 0.25) is 4.96 Å². The van der Waals surface area contributed by atoms with Gasteiger partial charge >= 0.3 is 0 Å². The number of fused-ring (bicyclic) bond motifs is 1. The number of hydrogen-bond donors (Lipinski definition) is 0. The topological polar surface area (TPSA) is 65.7 Å². The lowest BCUT2D eigenvalue weighted by molar-refractivity contribution is 0.284. The first-order chi connectivity index (χ1) is 16.2. The third kappa shape index (κ3) is 5.60. The van der Waals surface area contributed by atoms with Gasteiger partial charge in [-0.2, -0.15) is 9.50 Å². The predicted octanol–water partition coefficient (Wildman–Crippen LogP) is 5.11. The number of unbranched alkanes of at least 4 members (excludes halogenated alkanes) is 5. The third-order valence-corrected chi connectivity index (χ3v) is 6.41. The number of aromatic nitrogens is 3. The van der Waals surface area contributed by atoms with Gasteiger partial charge in [-0.05, 0) is 30.2 Å². The highest BCUT2D eigenvalue weighted by Gasteiger charge is 2.12. The van der Waals surface area contributed by atoms with Crippen molar-refractivity contribution in [1.29, 1.82) is 0 Å². The number of thiazole rings is 1. The van der Waals surface area contributed by atoms with Crippen molar-refractivity contribution >= 4 is 22.4 Å². The Labute approximate surface area is 197 Å². The van der Waals surface area contributed by atoms with Gasteiger partial charge in [0.15, 0.2) is 17.3 Å². The number of rotatable bonds is 11. The summed E-state index contributed by atoms with van der Waals surface area (Å²) in [5.41, 5.74) is 1.58. The normalized spacial score (nSPS) is 11.9. The van der Waals surface area contributed by atoms with Gasteiger partial charge in [0.05, 0.1) is 18.2 Å². The van der Waals surface area contributed by atoms with Crippen LogP contribution in [0.4, 0.5) is 0 Å². The zero-order valence-corrected chi connectivity index (χ0v) is 19.9. The minimum atomic E-state index is -0.174. The molecule has 2 heterocycles. The van der Waals surface area contributed by atoms with E-state index in [0.29, 0.717) is 27.7 Å². The first-order valence-electron chi connectivity index (χ1n) is 11.5. The van der Waals surface area contributed by atoms with Gasteiger partial charge in [0.25, 0.3) is 5.56 Å². The molecule has 0 spiro atoms. The molecule has 0 aliphatic rings. The smallest absolute Gasteiger partial charge is 0.291 e. The summed E-state index contributed by atoms with van der Waals surface area (Å²) in [7, 11) is 1.63. The Morgan fingerprint density at radius 1 is 1.00 bits per heavy atom. The highest BCUT2D eigenvalue weighted by molar-refractivity contribution is 7.15. The molecule has 0 saturated carbocycles. The third-order valence-electron chi connectivity index (χ3n) is 5.45. The summed E-state index contributed by atoms with van der Waals surface area (Å²) < 4.78 is 13.4. The zero-order chi connectivity index (χ0) is 23.0. The number of hydrogen-bond acceptors (Lipinski definition) is 6. The lowest BCUT2D eigenvalue weighted by Gasteiger charge is -2.11. The van der Waals surface area contributed by atoms with Crippen LogP contribution in [0.25, 0.3) is 22.4 Å². The molecule has 0 amide bonds. The lowest BCUT2D eigenvalue weighted by atomic mass is 10.1. The number of benzene rings is 2. The van der Waals surface area contributed by atoms with E-state index in [4.69, 9.17) is 9.47 Å². The molecule has 6 nitrogen and oxygen atoms in total. The molecule has 0 radical (unpaired) electrons. The molecule has 0 saturated heterocycles. The SMILES string of the molecule is CCCCCCCCOc1ccc(/C=c2\sc3nc(-c4ccccc4)nn3c2=O)cc1OC. The Bertz CT molecular complexity index is 1300. The molecule has 0 fully saturated rings. The molecule has 4 rings (SSSR count). The largest absolute Gasteiger partial charge is 0.493 e. The van der Waals surface area contributed by atoms with E-state index in [1.54, 1.807) is 7.11 Å². The van der Waals surface area contributed by atoms with Crippen molar-refractivity contribution in [2.75, 3.05) is 13.7 Å². The molecule has 4 aromatic rings. The van der Waals surface area contributed by atoms with Crippen LogP contribution in [0.2, 0.25) is 0 Å². The second kappa shape index (κ2) is 11.1. The summed E-state index contributed by atoms with van der Waals surface area (Å²) in [4.78, 5) is 18.0. The Balaban J connectivity index is 1.47. The molecule has 2 aromatic carbocycles. The molecule has 7 heteroatoms. The van der Waals surface area contributed by atoms with Gasteiger partial charge in [-0.15, -0.1) is 5.10 Å². The average Bonchev–Trinajstić information content (AvgIpc) is 3.39. The van der Waals surface area contributed by atoms with Gasteiger partial charge in [0.1, 0.15) is 0 Å². The molecule has 2 aromatic heterocycles. The fourth-order valence-electron chi connectivity index (χ4n) is 3.65. The molecule has 0 unspecified atom stereocenters. The number of ether oxygens (including phenoxy) is 2. The van der Waals surface area contributed by atoms with Gasteiger partial charge in [-0.1, -0.05) is 86.8 Å². The van der Waals surface area contributed by atoms with Crippen molar-refractivity contribution < 1.29 is 9.47 Å². The first kappa shape index (κ1) is 23.0. The van der Waals surface area contributed by atoms with E-state index in [0.717, 1.165) is 23.3 Å². The highest BCUT2D eigenvalue weighted by Crippen LogP contribution is 2.28. The Morgan fingerprint density at radius 3 is 2.55 bits per heavy atom. The minimum absolute atomic E-state index is 0.174. The Hall–Kier alpha value is -3.19. The fourth-order valence-corrected chi connectivity index (χ4v) is 4.56. The highest BCUT2D eigenvalue weighted by atomic mass is 32.1. The predicted molar refractivity (Wildman–Crippen MR) is 133 cm³/mol. The van der Waals surface area contributed by atoms with Crippen LogP contribution in [0, 0.1) is 0 Å². The van der Waals surface area contributed by atoms with E-state index in [9.17, 15) is 4.79 Å². The van der Waals surface area contributed by atoms with E-state index < -0.39 is 0 Å². The molecular formula is C26H29N3O3S. The van der Waals surface area contributed by atoms with Gasteiger partial charge in [-0.3, -0.25) is 4.79 Å². The molecule has 0 atom stereocenters. The van der Waals surface area contributed by atoms with Crippen LogP contribution in [0.5, 0.6) is 11.5 Å². The van der Waals surface area contributed by atoms with Crippen LogP contribution in [0.1, 0.15) is 51.0 Å². The van der Waals surface area contributed by atoms with Crippen molar-refractivity contribution in [3.05, 3.63) is 69.0 Å². The monoisotopic (exact) mass is 463 g/mol. The zero-order valence-electron chi connectivity index (χ0n) is 19.1. The number of methoxy groups -OCH3 is 1. The second-order valence-corrected chi connectivity index (χ2v) is 8.95. The van der Waals surface area contributed by atoms with Crippen molar-refractivity contribution in [2.24, 2.45) is 0 Å². The lowest BCUT2D eigenvalue weighted by Crippen LogP contribution is -2.23. The molecule has 172 valence electrons. The van der Waals surface area contributed by atoms with Crippen molar-refractivity contribution in [3.8, 4) is 22.9 Å². The Kier molecular flexibility index (Phi) is 7.73. The van der Waals surface area contributed by atoms with E-state index in [-0.39, 0.29) is 5.56 Å². The second-order valence-electron chi connectivity index (χ2n) is 7.94. The maximum atomic E-state index is 12.9. The standard InChI is InChI=1S/C26H29N3O3S/c1-3-4-5-6-7-11-16-32-21-15-14-19(17-22(21)31-2)18-23-25(30)29-26(33-23)27-24(28-29)20-12-9-8-10-13-20/h8-10,12-15,17-18H,3-7,11,16H2,1-2H3/b23-18-. The van der Waals surface area contributed by atoms with E-state index in [1.165, 1.54) is 48.0 Å². The maximum Gasteiger partial charge on any atom is 0.291 e. The van der Waals surface area contributed by atoms with Crippen LogP contribution in [0.3, 0.4) is 0 Å². The molecule has 0 N–H and O–H groups in total. The van der Waals surface area contributed by atoms with E-state index >= 15 is 0 Å². The van der Waals surface area contributed by atoms with Gasteiger partial charge in [0, 0.05) is 5.56 Å². The van der Waals surface area contributed by atoms with Gasteiger partial charge in [-0.25, -0.2) is 0 Å². The van der Waals surface area contributed by atoms with Crippen molar-refractivity contribution in [3.63, 3.8) is 0 Å². The maximum absolute atomic E-state index is 12.9. The average molecular weight is 464 g/mol. The first-order valence-corrected chi connectivity index (χ1v) is 12.3. The summed E-state index contributed by atoms with van der Waals surface area (Å²) >= 11 is 1.33. The summed E-state index contributed by atoms with van der Waals surface area (Å²) in [6, 6.07) is 15.4. The summed E-state index contributed by atoms with van der Waals surface area (Å²) in [6.07, 6.45) is 9.17. The summed E-state index contributed by atoms with van der Waals surface area (Å²) in [5, 5.41) is 4.40. The van der Waals surface area contributed by atoms with Crippen LogP contribution in [-0.2, 0) is 0 Å². The van der Waals surface area contributed by atoms with Crippen molar-refractivity contribution in [2.45, 2.75) is 45.4 Å². The summed E-state index contributed by atoms with van der Waals surface area (Å²) in [6.45, 7) is 2.90. The van der Waals surface area contributed by atoms with Crippen LogP contribution >= 0.6 is 11.3 Å². The quantitative estimate of drug-likeness (QED) is 0.289. The fraction of sp³-hybridized carbons (Fsp3) is 0.346. The molecule has 0 aliphatic carbocycles. The molecular weight excluding hydrogens is 434 g/mol. The molecule has 0 bridgehead atoms.